The van der Waals surface area contributed by atoms with E-state index in [0.717, 1.165) is 22.7 Å². The van der Waals surface area contributed by atoms with Crippen LogP contribution in [0.3, 0.4) is 0 Å². The first-order valence-corrected chi connectivity index (χ1v) is 13.7. The molecule has 4 rings (SSSR count). The van der Waals surface area contributed by atoms with Crippen molar-refractivity contribution in [3.8, 4) is 5.75 Å². The third kappa shape index (κ3) is 5.34. The van der Waals surface area contributed by atoms with Crippen molar-refractivity contribution < 1.29 is 22.7 Å². The van der Waals surface area contributed by atoms with Crippen LogP contribution in [0, 0.1) is 5.92 Å². The second kappa shape index (κ2) is 10.5. The minimum atomic E-state index is -3.93. The van der Waals surface area contributed by atoms with Crippen molar-refractivity contribution in [2.75, 3.05) is 49.6 Å². The number of amides is 2. The van der Waals surface area contributed by atoms with E-state index in [-0.39, 0.29) is 22.6 Å². The maximum atomic E-state index is 13.4. The van der Waals surface area contributed by atoms with E-state index in [1.54, 1.807) is 29.0 Å². The number of nitrogens with zero attached hydrogens (tertiary/aromatic N) is 3. The summed E-state index contributed by atoms with van der Waals surface area (Å²) in [5.41, 5.74) is 2.59. The number of piperazine rings is 1. The summed E-state index contributed by atoms with van der Waals surface area (Å²) in [6.07, 6.45) is 0.600. The number of hydrogen-bond acceptors (Lipinski definition) is 6. The van der Waals surface area contributed by atoms with E-state index in [4.69, 9.17) is 4.74 Å². The first-order valence-electron chi connectivity index (χ1n) is 12.2. The first kappa shape index (κ1) is 26.0. The van der Waals surface area contributed by atoms with Crippen molar-refractivity contribution in [3.05, 3.63) is 48.0 Å². The fourth-order valence-corrected chi connectivity index (χ4v) is 6.16. The molecule has 10 heteroatoms. The van der Waals surface area contributed by atoms with E-state index in [1.165, 1.54) is 13.0 Å². The second-order valence-electron chi connectivity index (χ2n) is 9.57. The van der Waals surface area contributed by atoms with Crippen molar-refractivity contribution in [1.82, 2.24) is 9.62 Å². The predicted octanol–water partition coefficient (Wildman–Crippen LogP) is 2.26. The molecule has 0 saturated carbocycles. The summed E-state index contributed by atoms with van der Waals surface area (Å²) in [6.45, 7) is 8.01. The normalized spacial score (nSPS) is 16.8. The van der Waals surface area contributed by atoms with Gasteiger partial charge in [0, 0.05) is 57.1 Å². The molecule has 0 aliphatic carbocycles. The molecule has 1 N–H and O–H groups in total. The Morgan fingerprint density at radius 2 is 1.72 bits per heavy atom. The lowest BCUT2D eigenvalue weighted by atomic mass is 10.0. The molecule has 2 aliphatic rings. The van der Waals surface area contributed by atoms with Crippen molar-refractivity contribution in [1.29, 1.82) is 0 Å². The number of carbonyl (C=O) groups excluding carboxylic acids is 2. The van der Waals surface area contributed by atoms with Crippen molar-refractivity contribution in [3.63, 3.8) is 0 Å². The van der Waals surface area contributed by atoms with Crippen molar-refractivity contribution >= 4 is 33.2 Å². The molecule has 2 aromatic rings. The van der Waals surface area contributed by atoms with E-state index < -0.39 is 16.1 Å². The summed E-state index contributed by atoms with van der Waals surface area (Å²) in [4.78, 5) is 30.9. The molecule has 194 valence electrons. The molecule has 2 heterocycles. The van der Waals surface area contributed by atoms with Gasteiger partial charge in [-0.3, -0.25) is 9.59 Å². The SMILES string of the molecule is COc1cccc(N2CCN(C(=O)[C@@H](NS(=O)(=O)c3ccc4c(c3)CCN4C(C)=O)C(C)C)CC2)c1. The summed E-state index contributed by atoms with van der Waals surface area (Å²) in [5, 5.41) is 0. The number of rotatable bonds is 7. The summed E-state index contributed by atoms with van der Waals surface area (Å²) in [6, 6.07) is 11.7. The predicted molar refractivity (Wildman–Crippen MR) is 139 cm³/mol. The quantitative estimate of drug-likeness (QED) is 0.609. The fourth-order valence-electron chi connectivity index (χ4n) is 4.77. The summed E-state index contributed by atoms with van der Waals surface area (Å²) in [7, 11) is -2.30. The molecule has 2 amide bonds. The second-order valence-corrected chi connectivity index (χ2v) is 11.3. The number of anilines is 2. The number of benzene rings is 2. The van der Waals surface area contributed by atoms with Crippen LogP contribution in [0.2, 0.25) is 0 Å². The van der Waals surface area contributed by atoms with Gasteiger partial charge in [-0.15, -0.1) is 0 Å². The van der Waals surface area contributed by atoms with Crippen LogP contribution in [0.25, 0.3) is 0 Å². The van der Waals surface area contributed by atoms with Gasteiger partial charge in [-0.1, -0.05) is 19.9 Å². The Hall–Kier alpha value is -3.11. The number of carbonyl (C=O) groups is 2. The van der Waals surface area contributed by atoms with Gasteiger partial charge in [0.25, 0.3) is 0 Å². The Balaban J connectivity index is 1.44. The van der Waals surface area contributed by atoms with Gasteiger partial charge >= 0.3 is 0 Å². The van der Waals surface area contributed by atoms with Gasteiger partial charge in [-0.25, -0.2) is 8.42 Å². The van der Waals surface area contributed by atoms with Crippen LogP contribution in [0.1, 0.15) is 26.3 Å². The third-order valence-corrected chi connectivity index (χ3v) is 8.30. The van der Waals surface area contributed by atoms with Gasteiger partial charge in [0.15, 0.2) is 0 Å². The summed E-state index contributed by atoms with van der Waals surface area (Å²) >= 11 is 0. The van der Waals surface area contributed by atoms with Crippen LogP contribution >= 0.6 is 0 Å². The van der Waals surface area contributed by atoms with Crippen molar-refractivity contribution in [2.24, 2.45) is 5.92 Å². The lowest BCUT2D eigenvalue weighted by molar-refractivity contribution is -0.134. The first-order chi connectivity index (χ1) is 17.1. The highest BCUT2D eigenvalue weighted by Crippen LogP contribution is 2.30. The minimum Gasteiger partial charge on any atom is -0.497 e. The highest BCUT2D eigenvalue weighted by molar-refractivity contribution is 7.89. The van der Waals surface area contributed by atoms with Crippen LogP contribution in [-0.2, 0) is 26.0 Å². The van der Waals surface area contributed by atoms with Crippen LogP contribution in [0.5, 0.6) is 5.75 Å². The highest BCUT2D eigenvalue weighted by Gasteiger charge is 2.34. The minimum absolute atomic E-state index is 0.0700. The average molecular weight is 515 g/mol. The molecule has 0 bridgehead atoms. The van der Waals surface area contributed by atoms with E-state index in [0.29, 0.717) is 39.1 Å². The zero-order valence-corrected chi connectivity index (χ0v) is 22.0. The maximum absolute atomic E-state index is 13.4. The molecule has 2 aromatic carbocycles. The van der Waals surface area contributed by atoms with Crippen LogP contribution in [-0.4, -0.2) is 71.0 Å². The average Bonchev–Trinajstić information content (AvgIpc) is 3.31. The molecule has 0 unspecified atom stereocenters. The number of fused-ring (bicyclic) bond motifs is 1. The molecule has 0 radical (unpaired) electrons. The van der Waals surface area contributed by atoms with E-state index in [1.807, 2.05) is 38.1 Å². The van der Waals surface area contributed by atoms with E-state index >= 15 is 0 Å². The molecule has 1 saturated heterocycles. The zero-order chi connectivity index (χ0) is 26.0. The Bertz CT molecular complexity index is 1240. The van der Waals surface area contributed by atoms with Crippen LogP contribution in [0.4, 0.5) is 11.4 Å². The van der Waals surface area contributed by atoms with Crippen molar-refractivity contribution in [2.45, 2.75) is 38.1 Å². The standard InChI is InChI=1S/C26H34N4O5S/c1-18(2)25(26(32)29-14-12-28(13-15-29)21-6-5-7-22(17-21)35-4)27-36(33,34)23-8-9-24-20(16-23)10-11-30(24)19(3)31/h5-9,16-18,25,27H,10-15H2,1-4H3/t25-/m0/s1. The van der Waals surface area contributed by atoms with Gasteiger partial charge in [0.1, 0.15) is 11.8 Å². The summed E-state index contributed by atoms with van der Waals surface area (Å²) in [5.74, 6) is 0.259. The molecular formula is C26H34N4O5S. The number of methoxy groups -OCH3 is 1. The van der Waals surface area contributed by atoms with E-state index in [9.17, 15) is 18.0 Å². The molecule has 0 aromatic heterocycles. The molecule has 9 nitrogen and oxygen atoms in total. The third-order valence-electron chi connectivity index (χ3n) is 6.86. The van der Waals surface area contributed by atoms with Gasteiger partial charge < -0.3 is 19.4 Å². The molecule has 2 aliphatic heterocycles. The Morgan fingerprint density at radius 3 is 2.36 bits per heavy atom. The fraction of sp³-hybridized carbons (Fsp3) is 0.462. The largest absolute Gasteiger partial charge is 0.497 e. The highest BCUT2D eigenvalue weighted by atomic mass is 32.2. The van der Waals surface area contributed by atoms with Gasteiger partial charge in [0.05, 0.1) is 12.0 Å². The monoisotopic (exact) mass is 514 g/mol. The smallest absolute Gasteiger partial charge is 0.241 e. The lowest BCUT2D eigenvalue weighted by Crippen LogP contribution is -2.56. The summed E-state index contributed by atoms with van der Waals surface area (Å²) < 4.78 is 34.5. The van der Waals surface area contributed by atoms with Crippen LogP contribution < -0.4 is 19.3 Å². The molecule has 0 spiro atoms. The number of hydrogen-bond donors (Lipinski definition) is 1. The van der Waals surface area contributed by atoms with Gasteiger partial charge in [0.2, 0.25) is 21.8 Å². The van der Waals surface area contributed by atoms with Crippen LogP contribution in [0.15, 0.2) is 47.4 Å². The van der Waals surface area contributed by atoms with Gasteiger partial charge in [-0.2, -0.15) is 4.72 Å². The maximum Gasteiger partial charge on any atom is 0.241 e. The Labute approximate surface area is 213 Å². The molecule has 1 atom stereocenters. The van der Waals surface area contributed by atoms with E-state index in [2.05, 4.69) is 9.62 Å². The van der Waals surface area contributed by atoms with Gasteiger partial charge in [-0.05, 0) is 48.2 Å². The number of ether oxygens (including phenoxy) is 1. The Kier molecular flexibility index (Phi) is 7.56. The number of sulfonamides is 1. The molecule has 36 heavy (non-hydrogen) atoms. The Morgan fingerprint density at radius 1 is 1.00 bits per heavy atom. The zero-order valence-electron chi connectivity index (χ0n) is 21.2. The topological polar surface area (TPSA) is 99.3 Å². The molecule has 1 fully saturated rings. The molecular weight excluding hydrogens is 480 g/mol. The number of nitrogens with one attached hydrogen (secondary N) is 1. The lowest BCUT2D eigenvalue weighted by Gasteiger charge is -2.38.